The minimum absolute atomic E-state index is 0.0236. The zero-order valence-electron chi connectivity index (χ0n) is 17.6. The number of aliphatic imine (C=N–C) groups is 1. The van der Waals surface area contributed by atoms with Crippen molar-refractivity contribution in [2.45, 2.75) is 26.0 Å². The van der Waals surface area contributed by atoms with Gasteiger partial charge in [-0.05, 0) is 51.1 Å². The number of nitrogens with zero attached hydrogens (tertiary/aromatic N) is 3. The number of amides is 1. The number of benzene rings is 2. The first kappa shape index (κ1) is 22.9. The molecule has 0 aliphatic carbocycles. The number of aromatic nitrogens is 2. The number of aryl methyl sites for hydroxylation is 1. The van der Waals surface area contributed by atoms with Gasteiger partial charge in [0.05, 0.1) is 27.9 Å². The standard InChI is InChI=1S/C21H18ClF2N5O3S/c1-10(2)33(31,32)28-21(30)12-7-8-15-16(9-12)29-20(18(22)11(3)27-29)26-19(25-15)17-13(23)5-4-6-14(17)24/h4-10H,1-3H3,(H,25,26)(H,28,30). The Bertz CT molecular complexity index is 1410. The van der Waals surface area contributed by atoms with Gasteiger partial charge >= 0.3 is 0 Å². The lowest BCUT2D eigenvalue weighted by atomic mass is 10.1. The van der Waals surface area contributed by atoms with Crippen molar-refractivity contribution in [1.82, 2.24) is 14.5 Å². The fourth-order valence-corrected chi connectivity index (χ4v) is 3.90. The summed E-state index contributed by atoms with van der Waals surface area (Å²) < 4.78 is 56.5. The number of carbonyl (C=O) groups is 1. The summed E-state index contributed by atoms with van der Waals surface area (Å²) in [6.45, 7) is 4.51. The molecular weight excluding hydrogens is 476 g/mol. The second-order valence-electron chi connectivity index (χ2n) is 7.57. The van der Waals surface area contributed by atoms with Crippen LogP contribution in [0.5, 0.6) is 0 Å². The van der Waals surface area contributed by atoms with E-state index in [1.807, 2.05) is 4.72 Å². The number of sulfonamides is 1. The van der Waals surface area contributed by atoms with Gasteiger partial charge in [0.25, 0.3) is 5.91 Å². The Balaban J connectivity index is 1.87. The maximum Gasteiger partial charge on any atom is 0.264 e. The Morgan fingerprint density at radius 1 is 1.18 bits per heavy atom. The van der Waals surface area contributed by atoms with E-state index >= 15 is 0 Å². The molecule has 2 aromatic carbocycles. The minimum Gasteiger partial charge on any atom is -0.338 e. The van der Waals surface area contributed by atoms with Gasteiger partial charge in [-0.3, -0.25) is 4.79 Å². The lowest BCUT2D eigenvalue weighted by Crippen LogP contribution is -2.35. The fraction of sp³-hybridized carbons (Fsp3) is 0.190. The van der Waals surface area contributed by atoms with Crippen LogP contribution in [-0.2, 0) is 10.0 Å². The van der Waals surface area contributed by atoms with Gasteiger partial charge in [-0.1, -0.05) is 17.7 Å². The van der Waals surface area contributed by atoms with E-state index in [-0.39, 0.29) is 27.9 Å². The topological polar surface area (TPSA) is 105 Å². The maximum atomic E-state index is 14.5. The first-order valence-corrected chi connectivity index (χ1v) is 11.7. The summed E-state index contributed by atoms with van der Waals surface area (Å²) in [4.78, 5) is 16.9. The van der Waals surface area contributed by atoms with Crippen molar-refractivity contribution in [3.05, 3.63) is 69.9 Å². The summed E-state index contributed by atoms with van der Waals surface area (Å²) >= 11 is 6.36. The number of hydrogen-bond donors (Lipinski definition) is 2. The number of fused-ring (bicyclic) bond motifs is 3. The predicted molar refractivity (Wildman–Crippen MR) is 121 cm³/mol. The molecule has 172 valence electrons. The summed E-state index contributed by atoms with van der Waals surface area (Å²) in [5, 5.41) is 6.54. The van der Waals surface area contributed by atoms with Crippen molar-refractivity contribution >= 4 is 44.9 Å². The summed E-state index contributed by atoms with van der Waals surface area (Å²) in [6.07, 6.45) is 0. The third-order valence-corrected chi connectivity index (χ3v) is 7.13. The number of halogens is 3. The van der Waals surface area contributed by atoms with Crippen LogP contribution < -0.4 is 10.0 Å². The van der Waals surface area contributed by atoms with Crippen LogP contribution in [0.2, 0.25) is 5.02 Å². The van der Waals surface area contributed by atoms with E-state index in [0.29, 0.717) is 11.4 Å². The monoisotopic (exact) mass is 493 g/mol. The Morgan fingerprint density at radius 2 is 1.85 bits per heavy atom. The lowest BCUT2D eigenvalue weighted by molar-refractivity contribution is 0.0981. The summed E-state index contributed by atoms with van der Waals surface area (Å²) in [5.74, 6) is -2.57. The van der Waals surface area contributed by atoms with E-state index in [1.165, 1.54) is 42.8 Å². The Kier molecular flexibility index (Phi) is 5.71. The van der Waals surface area contributed by atoms with Gasteiger partial charge in [0.1, 0.15) is 22.5 Å². The van der Waals surface area contributed by atoms with E-state index in [2.05, 4.69) is 15.4 Å². The zero-order valence-corrected chi connectivity index (χ0v) is 19.2. The smallest absolute Gasteiger partial charge is 0.264 e. The van der Waals surface area contributed by atoms with Crippen molar-refractivity contribution in [2.75, 3.05) is 5.32 Å². The summed E-state index contributed by atoms with van der Waals surface area (Å²) in [7, 11) is -3.86. The highest BCUT2D eigenvalue weighted by atomic mass is 35.5. The molecule has 3 aromatic rings. The van der Waals surface area contributed by atoms with E-state index in [1.54, 1.807) is 6.92 Å². The van der Waals surface area contributed by atoms with E-state index < -0.39 is 38.4 Å². The van der Waals surface area contributed by atoms with Crippen LogP contribution >= 0.6 is 11.6 Å². The highest BCUT2D eigenvalue weighted by Gasteiger charge is 2.27. The molecule has 0 spiro atoms. The largest absolute Gasteiger partial charge is 0.338 e. The average molecular weight is 494 g/mol. The van der Waals surface area contributed by atoms with Gasteiger partial charge < -0.3 is 5.32 Å². The van der Waals surface area contributed by atoms with E-state index in [4.69, 9.17) is 11.6 Å². The Morgan fingerprint density at radius 3 is 2.48 bits per heavy atom. The molecule has 0 saturated carbocycles. The average Bonchev–Trinajstić information content (AvgIpc) is 2.92. The van der Waals surface area contributed by atoms with Crippen molar-refractivity contribution in [2.24, 2.45) is 4.99 Å². The van der Waals surface area contributed by atoms with Crippen molar-refractivity contribution in [3.8, 4) is 5.69 Å². The predicted octanol–water partition coefficient (Wildman–Crippen LogP) is 4.08. The second kappa shape index (κ2) is 8.23. The van der Waals surface area contributed by atoms with Gasteiger partial charge in [0.15, 0.2) is 5.82 Å². The van der Waals surface area contributed by atoms with Crippen molar-refractivity contribution in [1.29, 1.82) is 0 Å². The number of nitrogens with one attached hydrogen (secondary N) is 2. The third-order valence-electron chi connectivity index (χ3n) is 4.98. The van der Waals surface area contributed by atoms with Crippen LogP contribution in [0.4, 0.5) is 20.3 Å². The highest BCUT2D eigenvalue weighted by Crippen LogP contribution is 2.37. The minimum atomic E-state index is -3.86. The molecule has 4 rings (SSSR count). The maximum absolute atomic E-state index is 14.5. The van der Waals surface area contributed by atoms with Crippen LogP contribution in [0.25, 0.3) is 5.69 Å². The fourth-order valence-electron chi connectivity index (χ4n) is 3.12. The summed E-state index contributed by atoms with van der Waals surface area (Å²) in [6, 6.07) is 7.64. The first-order valence-electron chi connectivity index (χ1n) is 9.75. The van der Waals surface area contributed by atoms with Crippen LogP contribution in [-0.4, -0.2) is 35.2 Å². The second-order valence-corrected chi connectivity index (χ2v) is 10.2. The van der Waals surface area contributed by atoms with Crippen molar-refractivity contribution in [3.63, 3.8) is 0 Å². The zero-order chi connectivity index (χ0) is 24.1. The molecule has 0 unspecified atom stereocenters. The number of anilines is 1. The van der Waals surface area contributed by atoms with E-state index in [0.717, 1.165) is 12.1 Å². The SMILES string of the molecule is Cc1nn2c(c1Cl)N=C(c1c(F)cccc1F)Nc1ccc(C(=O)NS(=O)(=O)C(C)C)cc1-2. The molecule has 1 aliphatic rings. The van der Waals surface area contributed by atoms with Gasteiger partial charge in [-0.25, -0.2) is 31.6 Å². The van der Waals surface area contributed by atoms with Crippen molar-refractivity contribution < 1.29 is 22.0 Å². The highest BCUT2D eigenvalue weighted by molar-refractivity contribution is 7.90. The van der Waals surface area contributed by atoms with Gasteiger partial charge in [0, 0.05) is 5.56 Å². The molecule has 0 atom stereocenters. The molecule has 33 heavy (non-hydrogen) atoms. The Labute approximate surface area is 193 Å². The van der Waals surface area contributed by atoms with Crippen LogP contribution in [0.3, 0.4) is 0 Å². The first-order chi connectivity index (χ1) is 15.5. The molecule has 2 N–H and O–H groups in total. The number of hydrogen-bond acceptors (Lipinski definition) is 6. The Hall–Kier alpha value is -3.31. The normalized spacial score (nSPS) is 13.0. The molecule has 0 bridgehead atoms. The molecule has 12 heteroatoms. The molecule has 2 heterocycles. The molecule has 0 fully saturated rings. The molecule has 8 nitrogen and oxygen atoms in total. The van der Waals surface area contributed by atoms with Gasteiger partial charge in [-0.15, -0.1) is 0 Å². The number of amidine groups is 1. The van der Waals surface area contributed by atoms with E-state index in [9.17, 15) is 22.0 Å². The molecule has 0 saturated heterocycles. The third kappa shape index (κ3) is 4.09. The number of carbonyl (C=O) groups excluding carboxylic acids is 1. The van der Waals surface area contributed by atoms with Gasteiger partial charge in [0.2, 0.25) is 10.0 Å². The molecule has 1 amide bonds. The van der Waals surface area contributed by atoms with Crippen LogP contribution in [0.15, 0.2) is 41.4 Å². The van der Waals surface area contributed by atoms with Crippen LogP contribution in [0, 0.1) is 18.6 Å². The molecule has 1 aliphatic heterocycles. The molecular formula is C21H18ClF2N5O3S. The summed E-state index contributed by atoms with van der Waals surface area (Å²) in [5.41, 5.74) is 0.628. The lowest BCUT2D eigenvalue weighted by Gasteiger charge is -2.14. The quantitative estimate of drug-likeness (QED) is 0.569. The van der Waals surface area contributed by atoms with Crippen LogP contribution in [0.1, 0.15) is 35.5 Å². The molecule has 0 radical (unpaired) electrons. The number of rotatable bonds is 4. The van der Waals surface area contributed by atoms with Gasteiger partial charge in [-0.2, -0.15) is 5.10 Å². The molecule has 1 aromatic heterocycles.